The van der Waals surface area contributed by atoms with Gasteiger partial charge in [0.15, 0.2) is 0 Å². The standard InChI is InChI=1S/C19H22BrN3O/c1-12-18(14-8-10-23(12)11-9-14)22-19(24)17-7-6-16(21-17)13-2-4-15(20)5-3-13/h2-7,12,14,18,21H,8-11H2,1H3,(H,22,24)/t12-,18+/m1/s1. The molecule has 126 valence electrons. The summed E-state index contributed by atoms with van der Waals surface area (Å²) < 4.78 is 1.05. The van der Waals surface area contributed by atoms with Gasteiger partial charge in [-0.3, -0.25) is 9.69 Å². The lowest BCUT2D eigenvalue weighted by molar-refractivity contribution is 0.0216. The molecule has 2 N–H and O–H groups in total. The summed E-state index contributed by atoms with van der Waals surface area (Å²) in [6.07, 6.45) is 2.40. The Bertz CT molecular complexity index is 729. The van der Waals surface area contributed by atoms with Crippen LogP contribution in [0.1, 0.15) is 30.3 Å². The molecule has 1 amide bonds. The smallest absolute Gasteiger partial charge is 0.267 e. The van der Waals surface area contributed by atoms with Crippen LogP contribution in [-0.4, -0.2) is 41.0 Å². The van der Waals surface area contributed by atoms with Gasteiger partial charge in [-0.1, -0.05) is 28.1 Å². The van der Waals surface area contributed by atoms with Crippen LogP contribution < -0.4 is 5.32 Å². The van der Waals surface area contributed by atoms with Crippen molar-refractivity contribution >= 4 is 21.8 Å². The molecule has 0 aliphatic carbocycles. The molecule has 24 heavy (non-hydrogen) atoms. The van der Waals surface area contributed by atoms with Crippen LogP contribution in [0.25, 0.3) is 11.3 Å². The number of fused-ring (bicyclic) bond motifs is 3. The summed E-state index contributed by atoms with van der Waals surface area (Å²) >= 11 is 3.44. The molecule has 3 aliphatic heterocycles. The Labute approximate surface area is 150 Å². The average Bonchev–Trinajstić information content (AvgIpc) is 3.09. The maximum absolute atomic E-state index is 12.7. The Morgan fingerprint density at radius 3 is 2.54 bits per heavy atom. The van der Waals surface area contributed by atoms with Crippen molar-refractivity contribution < 1.29 is 4.79 Å². The molecule has 1 aromatic heterocycles. The summed E-state index contributed by atoms with van der Waals surface area (Å²) in [5, 5.41) is 3.27. The molecule has 0 unspecified atom stereocenters. The van der Waals surface area contributed by atoms with E-state index < -0.39 is 0 Å². The number of hydrogen-bond acceptors (Lipinski definition) is 2. The average molecular weight is 388 g/mol. The van der Waals surface area contributed by atoms with E-state index in [4.69, 9.17) is 0 Å². The fraction of sp³-hybridized carbons (Fsp3) is 0.421. The SMILES string of the molecule is C[C@@H]1[C@H](NC(=O)c2ccc(-c3ccc(Br)cc3)[nH]2)C2CCN1CC2. The number of nitrogens with one attached hydrogen (secondary N) is 2. The molecule has 3 saturated heterocycles. The van der Waals surface area contributed by atoms with E-state index in [1.165, 1.54) is 25.9 Å². The number of H-pyrrole nitrogens is 1. The van der Waals surface area contributed by atoms with Crippen LogP contribution in [0.3, 0.4) is 0 Å². The number of aromatic amines is 1. The summed E-state index contributed by atoms with van der Waals surface area (Å²) in [7, 11) is 0. The first-order valence-corrected chi connectivity index (χ1v) is 9.41. The predicted molar refractivity (Wildman–Crippen MR) is 98.9 cm³/mol. The van der Waals surface area contributed by atoms with Crippen molar-refractivity contribution in [1.82, 2.24) is 15.2 Å². The van der Waals surface area contributed by atoms with Gasteiger partial charge >= 0.3 is 0 Å². The first kappa shape index (κ1) is 15.9. The quantitative estimate of drug-likeness (QED) is 0.843. The normalized spacial score (nSPS) is 28.8. The van der Waals surface area contributed by atoms with E-state index in [-0.39, 0.29) is 11.9 Å². The topological polar surface area (TPSA) is 48.1 Å². The zero-order valence-electron chi connectivity index (χ0n) is 13.8. The van der Waals surface area contributed by atoms with Gasteiger partial charge in [0.1, 0.15) is 5.69 Å². The summed E-state index contributed by atoms with van der Waals surface area (Å²) in [5.74, 6) is 0.624. The number of amides is 1. The summed E-state index contributed by atoms with van der Waals surface area (Å²) in [6, 6.07) is 12.6. The molecular formula is C19H22BrN3O. The molecule has 5 rings (SSSR count). The minimum absolute atomic E-state index is 0.00367. The second kappa shape index (κ2) is 6.37. The van der Waals surface area contributed by atoms with Crippen molar-refractivity contribution in [1.29, 1.82) is 0 Å². The van der Waals surface area contributed by atoms with E-state index >= 15 is 0 Å². The highest BCUT2D eigenvalue weighted by atomic mass is 79.9. The fourth-order valence-electron chi connectivity index (χ4n) is 4.10. The molecule has 4 heterocycles. The number of carbonyl (C=O) groups excluding carboxylic acids is 1. The van der Waals surface area contributed by atoms with Gasteiger partial charge in [0.25, 0.3) is 5.91 Å². The first-order chi connectivity index (χ1) is 11.6. The van der Waals surface area contributed by atoms with Gasteiger partial charge in [0.05, 0.1) is 0 Å². The third-order valence-corrected chi connectivity index (χ3v) is 6.09. The van der Waals surface area contributed by atoms with Gasteiger partial charge in [-0.15, -0.1) is 0 Å². The van der Waals surface area contributed by atoms with E-state index in [0.717, 1.165) is 15.7 Å². The van der Waals surface area contributed by atoms with Crippen LogP contribution in [0.2, 0.25) is 0 Å². The molecule has 1 aromatic carbocycles. The molecule has 2 bridgehead atoms. The number of hydrogen-bond donors (Lipinski definition) is 2. The minimum atomic E-state index is 0.00367. The molecule has 0 saturated carbocycles. The monoisotopic (exact) mass is 387 g/mol. The van der Waals surface area contributed by atoms with Crippen molar-refractivity contribution in [3.05, 3.63) is 46.6 Å². The Hall–Kier alpha value is -1.59. The van der Waals surface area contributed by atoms with E-state index in [1.54, 1.807) is 0 Å². The van der Waals surface area contributed by atoms with Gasteiger partial charge in [0.2, 0.25) is 0 Å². The number of rotatable bonds is 3. The van der Waals surface area contributed by atoms with Gasteiger partial charge in [0, 0.05) is 22.3 Å². The second-order valence-corrected chi connectivity index (χ2v) is 7.82. The third kappa shape index (κ3) is 2.91. The minimum Gasteiger partial charge on any atom is -0.351 e. The van der Waals surface area contributed by atoms with Crippen LogP contribution in [0, 0.1) is 5.92 Å². The van der Waals surface area contributed by atoms with Crippen LogP contribution >= 0.6 is 15.9 Å². The van der Waals surface area contributed by atoms with Crippen molar-refractivity contribution in [2.45, 2.75) is 31.8 Å². The molecule has 4 nitrogen and oxygen atoms in total. The zero-order chi connectivity index (χ0) is 16.7. The van der Waals surface area contributed by atoms with Crippen LogP contribution in [0.5, 0.6) is 0 Å². The van der Waals surface area contributed by atoms with E-state index in [1.807, 2.05) is 36.4 Å². The Morgan fingerprint density at radius 1 is 1.17 bits per heavy atom. The van der Waals surface area contributed by atoms with Crippen molar-refractivity contribution in [2.75, 3.05) is 13.1 Å². The maximum Gasteiger partial charge on any atom is 0.267 e. The summed E-state index contributed by atoms with van der Waals surface area (Å²) in [6.45, 7) is 4.58. The molecule has 5 heteroatoms. The van der Waals surface area contributed by atoms with Crippen LogP contribution in [0.4, 0.5) is 0 Å². The molecule has 3 aliphatic rings. The summed E-state index contributed by atoms with van der Waals surface area (Å²) in [5.41, 5.74) is 2.68. The molecule has 2 atom stereocenters. The predicted octanol–water partition coefficient (Wildman–Crippen LogP) is 3.66. The highest BCUT2D eigenvalue weighted by molar-refractivity contribution is 9.10. The largest absolute Gasteiger partial charge is 0.351 e. The lowest BCUT2D eigenvalue weighted by Crippen LogP contribution is -2.62. The van der Waals surface area contributed by atoms with Crippen LogP contribution in [0.15, 0.2) is 40.9 Å². The Kier molecular flexibility index (Phi) is 4.22. The number of nitrogens with zero attached hydrogens (tertiary/aromatic N) is 1. The van der Waals surface area contributed by atoms with Crippen molar-refractivity contribution in [3.63, 3.8) is 0 Å². The molecule has 2 aromatic rings. The third-order valence-electron chi connectivity index (χ3n) is 5.56. The second-order valence-electron chi connectivity index (χ2n) is 6.91. The zero-order valence-corrected chi connectivity index (χ0v) is 15.3. The van der Waals surface area contributed by atoms with Crippen molar-refractivity contribution in [2.24, 2.45) is 5.92 Å². The van der Waals surface area contributed by atoms with Gasteiger partial charge < -0.3 is 10.3 Å². The lowest BCUT2D eigenvalue weighted by Gasteiger charge is -2.49. The highest BCUT2D eigenvalue weighted by Crippen LogP contribution is 2.32. The number of carbonyl (C=O) groups is 1. The number of halogens is 1. The van der Waals surface area contributed by atoms with Crippen molar-refractivity contribution in [3.8, 4) is 11.3 Å². The molecule has 0 spiro atoms. The molecule has 0 radical (unpaired) electrons. The number of benzene rings is 1. The maximum atomic E-state index is 12.7. The molecule has 3 fully saturated rings. The molecular weight excluding hydrogens is 366 g/mol. The van der Waals surface area contributed by atoms with Gasteiger partial charge in [-0.05, 0) is 68.6 Å². The van der Waals surface area contributed by atoms with Gasteiger partial charge in [-0.2, -0.15) is 0 Å². The first-order valence-electron chi connectivity index (χ1n) is 8.62. The lowest BCUT2D eigenvalue weighted by atomic mass is 9.79. The van der Waals surface area contributed by atoms with E-state index in [9.17, 15) is 4.79 Å². The number of piperidine rings is 3. The van der Waals surface area contributed by atoms with Gasteiger partial charge in [-0.25, -0.2) is 0 Å². The fourth-order valence-corrected chi connectivity index (χ4v) is 4.36. The van der Waals surface area contributed by atoms with E-state index in [0.29, 0.717) is 17.7 Å². The Morgan fingerprint density at radius 2 is 1.88 bits per heavy atom. The summed E-state index contributed by atoms with van der Waals surface area (Å²) in [4.78, 5) is 18.4. The Balaban J connectivity index is 1.48. The highest BCUT2D eigenvalue weighted by Gasteiger charge is 2.40. The van der Waals surface area contributed by atoms with E-state index in [2.05, 4.69) is 38.1 Å². The van der Waals surface area contributed by atoms with Crippen LogP contribution in [-0.2, 0) is 0 Å². The number of aromatic nitrogens is 1.